The zero-order valence-electron chi connectivity index (χ0n) is 31.5. The zero-order valence-corrected chi connectivity index (χ0v) is 32.3. The highest BCUT2D eigenvalue weighted by atomic mass is 35.5. The van der Waals surface area contributed by atoms with Gasteiger partial charge in [-0.1, -0.05) is 43.2 Å². The maximum Gasteiger partial charge on any atom is 0.312 e. The number of anilines is 2. The predicted molar refractivity (Wildman–Crippen MR) is 209 cm³/mol. The van der Waals surface area contributed by atoms with Crippen LogP contribution >= 0.6 is 11.6 Å². The molecular weight excluding hydrogens is 724 g/mol. The molecule has 1 spiro atoms. The first-order valence-corrected chi connectivity index (χ1v) is 19.6. The van der Waals surface area contributed by atoms with Crippen LogP contribution in [0.1, 0.15) is 58.3 Å². The van der Waals surface area contributed by atoms with Crippen molar-refractivity contribution in [2.45, 2.75) is 37.6 Å². The fourth-order valence-electron chi connectivity index (χ4n) is 8.04. The normalized spacial score (nSPS) is 16.9. The number of carbonyl (C=O) groups excluding carboxylic acids is 3. The maximum atomic E-state index is 14.0. The van der Waals surface area contributed by atoms with E-state index in [0.717, 1.165) is 54.8 Å². The molecule has 292 valence electrons. The minimum absolute atomic E-state index is 0.0331. The molecule has 3 aliphatic heterocycles. The van der Waals surface area contributed by atoms with E-state index in [9.17, 15) is 19.8 Å². The first-order valence-electron chi connectivity index (χ1n) is 19.1. The molecular formula is C42H49ClN4O8. The number of esters is 2. The minimum atomic E-state index is -1.21. The number of benzene rings is 3. The predicted octanol–water partition coefficient (Wildman–Crippen LogP) is 5.48. The van der Waals surface area contributed by atoms with Crippen molar-refractivity contribution in [3.63, 3.8) is 0 Å². The second-order valence-electron chi connectivity index (χ2n) is 14.6. The highest BCUT2D eigenvalue weighted by Crippen LogP contribution is 2.57. The number of carbonyl (C=O) groups is 3. The average molecular weight is 773 g/mol. The van der Waals surface area contributed by atoms with Crippen molar-refractivity contribution in [1.82, 2.24) is 5.32 Å². The molecule has 3 aromatic rings. The van der Waals surface area contributed by atoms with Crippen molar-refractivity contribution in [2.75, 3.05) is 89.1 Å². The Kier molecular flexibility index (Phi) is 12.1. The van der Waals surface area contributed by atoms with E-state index in [-0.39, 0.29) is 35.3 Å². The van der Waals surface area contributed by atoms with Crippen molar-refractivity contribution in [3.8, 4) is 11.5 Å². The molecule has 55 heavy (non-hydrogen) atoms. The highest BCUT2D eigenvalue weighted by Gasteiger charge is 2.56. The Morgan fingerprint density at radius 1 is 0.782 bits per heavy atom. The number of hydrogen-bond donors (Lipinski definition) is 2. The van der Waals surface area contributed by atoms with Crippen molar-refractivity contribution >= 4 is 46.4 Å². The lowest BCUT2D eigenvalue weighted by molar-refractivity contribution is -0.147. The summed E-state index contributed by atoms with van der Waals surface area (Å²) in [5.41, 5.74) is 4.15. The van der Waals surface area contributed by atoms with Crippen molar-refractivity contribution in [3.05, 3.63) is 82.4 Å². The monoisotopic (exact) mass is 772 g/mol. The van der Waals surface area contributed by atoms with E-state index in [0.29, 0.717) is 93.2 Å². The standard InChI is InChI=1S/C42H49ClN4O8/c1-51-40(49)28-23-46(24-28)30-8-11-33-36(20-30)55-37-21-31(47-25-29(26-47)41(50)52-2)9-12-34(37)42(33)35-19-27(7-10-32(35)38(48)39(42)44)22-45-14-16-54-18-17-53-15-6-4-3-5-13-43/h7-12,19-21,28-29,44-45H,3-6,13-18,22-26H2,1-2H3. The largest absolute Gasteiger partial charge is 0.469 e. The van der Waals surface area contributed by atoms with E-state index in [4.69, 9.17) is 35.3 Å². The Bertz CT molecular complexity index is 1840. The number of fused-ring (bicyclic) bond motifs is 6. The number of Topliss-reactive ketones (excluding diaryl/α,β-unsaturated/α-hetero) is 1. The maximum absolute atomic E-state index is 14.0. The molecule has 0 atom stereocenters. The SMILES string of the molecule is COC(=O)C1CN(c2ccc3c(c2)Oc2cc(N4CC(C(=O)OC)C4)ccc2C32C(=N)C(=O)c3ccc(CNCCOCCOCCCCCCCl)cc32)C1. The summed E-state index contributed by atoms with van der Waals surface area (Å²) in [5, 5.41) is 13.0. The Hall–Kier alpha value is -4.49. The second-order valence-corrected chi connectivity index (χ2v) is 14.9. The molecule has 4 aliphatic rings. The van der Waals surface area contributed by atoms with Crippen LogP contribution in [0.2, 0.25) is 0 Å². The van der Waals surface area contributed by atoms with Gasteiger partial charge in [0.1, 0.15) is 11.5 Å². The van der Waals surface area contributed by atoms with Gasteiger partial charge in [0.05, 0.1) is 57.0 Å². The van der Waals surface area contributed by atoms with E-state index in [1.54, 1.807) is 0 Å². The lowest BCUT2D eigenvalue weighted by atomic mass is 9.67. The van der Waals surface area contributed by atoms with Crippen LogP contribution in [0.25, 0.3) is 0 Å². The van der Waals surface area contributed by atoms with Gasteiger partial charge in [-0.3, -0.25) is 19.8 Å². The highest BCUT2D eigenvalue weighted by molar-refractivity contribution is 6.53. The summed E-state index contributed by atoms with van der Waals surface area (Å²) in [6, 6.07) is 17.5. The molecule has 2 saturated heterocycles. The zero-order chi connectivity index (χ0) is 38.5. The third-order valence-electron chi connectivity index (χ3n) is 11.2. The van der Waals surface area contributed by atoms with E-state index >= 15 is 0 Å². The van der Waals surface area contributed by atoms with Crippen molar-refractivity contribution < 1.29 is 38.1 Å². The molecule has 7 rings (SSSR count). The smallest absolute Gasteiger partial charge is 0.312 e. The van der Waals surface area contributed by atoms with E-state index < -0.39 is 5.41 Å². The Labute approximate surface area is 326 Å². The van der Waals surface area contributed by atoms with E-state index in [2.05, 4.69) is 15.1 Å². The van der Waals surface area contributed by atoms with Gasteiger partial charge in [-0.15, -0.1) is 11.6 Å². The molecule has 0 saturated carbocycles. The summed E-state index contributed by atoms with van der Waals surface area (Å²) in [6.45, 7) is 5.65. The Morgan fingerprint density at radius 3 is 1.95 bits per heavy atom. The third kappa shape index (κ3) is 7.57. The summed E-state index contributed by atoms with van der Waals surface area (Å²) in [7, 11) is 2.80. The first-order chi connectivity index (χ1) is 26.8. The van der Waals surface area contributed by atoms with Crippen LogP contribution in [-0.2, 0) is 40.5 Å². The molecule has 0 unspecified atom stereocenters. The quantitative estimate of drug-likeness (QED) is 0.0965. The van der Waals surface area contributed by atoms with Gasteiger partial charge in [0.15, 0.2) is 0 Å². The van der Waals surface area contributed by atoms with Gasteiger partial charge in [-0.25, -0.2) is 0 Å². The molecule has 2 N–H and O–H groups in total. The number of hydrogen-bond acceptors (Lipinski definition) is 12. The molecule has 0 amide bonds. The number of unbranched alkanes of at least 4 members (excludes halogenated alkanes) is 3. The number of nitrogens with one attached hydrogen (secondary N) is 2. The topological polar surface area (TPSA) is 140 Å². The van der Waals surface area contributed by atoms with E-state index in [1.165, 1.54) is 14.2 Å². The molecule has 0 aromatic heterocycles. The lowest BCUT2D eigenvalue weighted by Crippen LogP contribution is -2.51. The number of methoxy groups -OCH3 is 2. The fraction of sp³-hybridized carbons (Fsp3) is 0.476. The summed E-state index contributed by atoms with van der Waals surface area (Å²) in [4.78, 5) is 42.4. The Balaban J connectivity index is 1.11. The fourth-order valence-corrected chi connectivity index (χ4v) is 8.23. The summed E-state index contributed by atoms with van der Waals surface area (Å²) in [6.07, 6.45) is 4.35. The van der Waals surface area contributed by atoms with Gasteiger partial charge >= 0.3 is 11.9 Å². The Morgan fingerprint density at radius 2 is 1.36 bits per heavy atom. The molecule has 12 nitrogen and oxygen atoms in total. The number of nitrogens with zero attached hydrogens (tertiary/aromatic N) is 2. The summed E-state index contributed by atoms with van der Waals surface area (Å²) in [5.74, 6) is 0.612. The van der Waals surface area contributed by atoms with Gasteiger partial charge in [0, 0.05) is 92.0 Å². The minimum Gasteiger partial charge on any atom is -0.469 e. The van der Waals surface area contributed by atoms with Crippen LogP contribution in [0, 0.1) is 17.2 Å². The molecule has 13 heteroatoms. The molecule has 0 radical (unpaired) electrons. The number of ketones is 1. The van der Waals surface area contributed by atoms with Gasteiger partial charge in [0.25, 0.3) is 0 Å². The molecule has 0 bridgehead atoms. The number of ether oxygens (including phenoxy) is 5. The van der Waals surface area contributed by atoms with E-state index in [1.807, 2.05) is 54.6 Å². The molecule has 2 fully saturated rings. The number of rotatable bonds is 18. The van der Waals surface area contributed by atoms with Crippen LogP contribution in [0.3, 0.4) is 0 Å². The second kappa shape index (κ2) is 17.1. The summed E-state index contributed by atoms with van der Waals surface area (Å²) >= 11 is 5.73. The average Bonchev–Trinajstić information content (AvgIpc) is 3.37. The molecule has 1 aliphatic carbocycles. The van der Waals surface area contributed by atoms with Crippen LogP contribution in [-0.4, -0.2) is 103 Å². The van der Waals surface area contributed by atoms with Crippen LogP contribution in [0.4, 0.5) is 11.4 Å². The van der Waals surface area contributed by atoms with Crippen LogP contribution < -0.4 is 19.9 Å². The first kappa shape index (κ1) is 38.8. The third-order valence-corrected chi connectivity index (χ3v) is 11.4. The van der Waals surface area contributed by atoms with Crippen molar-refractivity contribution in [2.24, 2.45) is 11.8 Å². The summed E-state index contributed by atoms with van der Waals surface area (Å²) < 4.78 is 28.0. The number of alkyl halides is 1. The molecule has 3 heterocycles. The van der Waals surface area contributed by atoms with Gasteiger partial charge in [-0.05, 0) is 36.1 Å². The molecule has 3 aromatic carbocycles. The lowest BCUT2D eigenvalue weighted by Gasteiger charge is -2.42. The van der Waals surface area contributed by atoms with Crippen LogP contribution in [0.5, 0.6) is 11.5 Å². The van der Waals surface area contributed by atoms with Gasteiger partial charge in [-0.2, -0.15) is 0 Å². The number of halogens is 1. The van der Waals surface area contributed by atoms with Crippen molar-refractivity contribution in [1.29, 1.82) is 5.41 Å². The van der Waals surface area contributed by atoms with Gasteiger partial charge < -0.3 is 38.8 Å². The van der Waals surface area contributed by atoms with Gasteiger partial charge in [0.2, 0.25) is 5.78 Å². The van der Waals surface area contributed by atoms with Crippen LogP contribution in [0.15, 0.2) is 54.6 Å².